The van der Waals surface area contributed by atoms with E-state index in [1.54, 1.807) is 0 Å². The van der Waals surface area contributed by atoms with Crippen LogP contribution in [0.1, 0.15) is 35.7 Å². The molecule has 102 valence electrons. The van der Waals surface area contributed by atoms with Crippen LogP contribution in [0.5, 0.6) is 0 Å². The molecule has 3 nitrogen and oxygen atoms in total. The van der Waals surface area contributed by atoms with Gasteiger partial charge in [-0.2, -0.15) is 0 Å². The fourth-order valence-electron chi connectivity index (χ4n) is 3.56. The number of benzene rings is 1. The summed E-state index contributed by atoms with van der Waals surface area (Å²) in [6.45, 7) is 3.86. The van der Waals surface area contributed by atoms with Crippen LogP contribution in [0.4, 0.5) is 0 Å². The van der Waals surface area contributed by atoms with Gasteiger partial charge in [-0.3, -0.25) is 4.79 Å². The van der Waals surface area contributed by atoms with Crippen LogP contribution in [0.15, 0.2) is 42.6 Å². The predicted octanol–water partition coefficient (Wildman–Crippen LogP) is 2.73. The lowest BCUT2D eigenvalue weighted by atomic mass is 9.76. The smallest absolute Gasteiger partial charge is 0.231 e. The van der Waals surface area contributed by atoms with Gasteiger partial charge in [0.1, 0.15) is 0 Å². The molecule has 1 amide bonds. The maximum Gasteiger partial charge on any atom is 0.231 e. The Morgan fingerprint density at radius 3 is 2.85 bits per heavy atom. The highest BCUT2D eigenvalue weighted by molar-refractivity contribution is 5.87. The first-order chi connectivity index (χ1) is 9.75. The van der Waals surface area contributed by atoms with E-state index >= 15 is 0 Å². The van der Waals surface area contributed by atoms with Crippen molar-refractivity contribution < 1.29 is 4.79 Å². The fraction of sp³-hybridized carbons (Fsp3) is 0.353. The van der Waals surface area contributed by atoms with Crippen molar-refractivity contribution in [3.8, 4) is 0 Å². The third kappa shape index (κ3) is 1.56. The van der Waals surface area contributed by atoms with Crippen LogP contribution in [-0.4, -0.2) is 21.9 Å². The standard InChI is InChI=1S/C17H18N2O/c1-12-16-7-4-8-18(16)9-10-19(12)17(20)15-11-13-5-2-3-6-14(13)15/h2-8,12,15H,9-11H2,1H3/t12-,15+/m0/s1. The van der Waals surface area contributed by atoms with E-state index in [-0.39, 0.29) is 12.0 Å². The average molecular weight is 266 g/mol. The topological polar surface area (TPSA) is 25.2 Å². The third-order valence-corrected chi connectivity index (χ3v) is 4.78. The molecule has 2 aromatic rings. The number of hydrogen-bond acceptors (Lipinski definition) is 1. The summed E-state index contributed by atoms with van der Waals surface area (Å²) in [5.74, 6) is 0.374. The van der Waals surface area contributed by atoms with E-state index in [4.69, 9.17) is 0 Å². The van der Waals surface area contributed by atoms with Crippen LogP contribution in [0.25, 0.3) is 0 Å². The molecule has 3 heteroatoms. The molecule has 4 rings (SSSR count). The highest BCUT2D eigenvalue weighted by Crippen LogP contribution is 2.38. The van der Waals surface area contributed by atoms with E-state index in [1.807, 2.05) is 6.07 Å². The van der Waals surface area contributed by atoms with Gasteiger partial charge in [-0.15, -0.1) is 0 Å². The Kier molecular flexibility index (Phi) is 2.49. The van der Waals surface area contributed by atoms with Crippen LogP contribution >= 0.6 is 0 Å². The summed E-state index contributed by atoms with van der Waals surface area (Å²) in [6.07, 6.45) is 3.01. The zero-order valence-corrected chi connectivity index (χ0v) is 11.6. The zero-order chi connectivity index (χ0) is 13.7. The van der Waals surface area contributed by atoms with Gasteiger partial charge in [-0.25, -0.2) is 0 Å². The van der Waals surface area contributed by atoms with Crippen molar-refractivity contribution in [1.29, 1.82) is 0 Å². The van der Waals surface area contributed by atoms with Crippen LogP contribution in [0, 0.1) is 0 Å². The van der Waals surface area contributed by atoms with Gasteiger partial charge in [0.2, 0.25) is 5.91 Å². The Labute approximate surface area is 118 Å². The second kappa shape index (κ2) is 4.23. The molecule has 0 saturated carbocycles. The van der Waals surface area contributed by atoms with E-state index in [9.17, 15) is 4.79 Å². The Bertz CT molecular complexity index is 673. The van der Waals surface area contributed by atoms with E-state index in [0.717, 1.165) is 19.5 Å². The van der Waals surface area contributed by atoms with Crippen molar-refractivity contribution in [2.24, 2.45) is 0 Å². The lowest BCUT2D eigenvalue weighted by Gasteiger charge is -2.40. The van der Waals surface area contributed by atoms with Gasteiger partial charge in [0.15, 0.2) is 0 Å². The molecule has 0 radical (unpaired) electrons. The molecule has 0 fully saturated rings. The molecule has 2 heterocycles. The first-order valence-corrected chi connectivity index (χ1v) is 7.29. The van der Waals surface area contributed by atoms with Crippen LogP contribution in [0.2, 0.25) is 0 Å². The van der Waals surface area contributed by atoms with E-state index in [1.165, 1.54) is 16.8 Å². The number of carbonyl (C=O) groups is 1. The number of fused-ring (bicyclic) bond motifs is 2. The third-order valence-electron chi connectivity index (χ3n) is 4.78. The molecule has 2 atom stereocenters. The van der Waals surface area contributed by atoms with Crippen LogP contribution in [0.3, 0.4) is 0 Å². The number of amides is 1. The second-order valence-electron chi connectivity index (χ2n) is 5.79. The van der Waals surface area contributed by atoms with Crippen molar-refractivity contribution in [2.45, 2.75) is 31.8 Å². The van der Waals surface area contributed by atoms with Gasteiger partial charge >= 0.3 is 0 Å². The fourth-order valence-corrected chi connectivity index (χ4v) is 3.56. The summed E-state index contributed by atoms with van der Waals surface area (Å²) < 4.78 is 2.25. The van der Waals surface area contributed by atoms with Gasteiger partial charge in [-0.05, 0) is 36.6 Å². The summed E-state index contributed by atoms with van der Waals surface area (Å²) in [6, 6.07) is 12.7. The molecule has 0 spiro atoms. The van der Waals surface area contributed by atoms with Crippen molar-refractivity contribution in [2.75, 3.05) is 6.54 Å². The molecule has 20 heavy (non-hydrogen) atoms. The Morgan fingerprint density at radius 2 is 2.00 bits per heavy atom. The normalized spacial score (nSPS) is 23.8. The van der Waals surface area contributed by atoms with Gasteiger partial charge in [-0.1, -0.05) is 24.3 Å². The maximum absolute atomic E-state index is 12.8. The molecule has 0 saturated heterocycles. The van der Waals surface area contributed by atoms with E-state index in [2.05, 4.69) is 52.9 Å². The molecule has 1 aliphatic carbocycles. The molecular weight excluding hydrogens is 248 g/mol. The number of hydrogen-bond donors (Lipinski definition) is 0. The largest absolute Gasteiger partial charge is 0.348 e. The average Bonchev–Trinajstić information content (AvgIpc) is 2.90. The first kappa shape index (κ1) is 11.8. The molecule has 2 aliphatic rings. The minimum atomic E-state index is 0.0789. The summed E-state index contributed by atoms with van der Waals surface area (Å²) in [5.41, 5.74) is 3.81. The maximum atomic E-state index is 12.8. The predicted molar refractivity (Wildman–Crippen MR) is 77.4 cm³/mol. The van der Waals surface area contributed by atoms with E-state index < -0.39 is 0 Å². The van der Waals surface area contributed by atoms with Crippen molar-refractivity contribution in [3.63, 3.8) is 0 Å². The molecule has 1 aromatic carbocycles. The number of carbonyl (C=O) groups excluding carboxylic acids is 1. The summed E-state index contributed by atoms with van der Waals surface area (Å²) in [5, 5.41) is 0. The zero-order valence-electron chi connectivity index (χ0n) is 11.6. The highest BCUT2D eigenvalue weighted by Gasteiger charge is 2.37. The first-order valence-electron chi connectivity index (χ1n) is 7.29. The monoisotopic (exact) mass is 266 g/mol. The van der Waals surface area contributed by atoms with Crippen LogP contribution in [-0.2, 0) is 17.8 Å². The molecule has 1 aliphatic heterocycles. The summed E-state index contributed by atoms with van der Waals surface area (Å²) in [4.78, 5) is 14.9. The van der Waals surface area contributed by atoms with Gasteiger partial charge in [0.05, 0.1) is 12.0 Å². The van der Waals surface area contributed by atoms with Crippen molar-refractivity contribution in [1.82, 2.24) is 9.47 Å². The lowest BCUT2D eigenvalue weighted by Crippen LogP contribution is -2.45. The highest BCUT2D eigenvalue weighted by atomic mass is 16.2. The van der Waals surface area contributed by atoms with Crippen molar-refractivity contribution in [3.05, 3.63) is 59.4 Å². The molecule has 0 unspecified atom stereocenters. The van der Waals surface area contributed by atoms with Gasteiger partial charge in [0, 0.05) is 25.0 Å². The Morgan fingerprint density at radius 1 is 1.15 bits per heavy atom. The van der Waals surface area contributed by atoms with Gasteiger partial charge in [0.25, 0.3) is 0 Å². The van der Waals surface area contributed by atoms with Gasteiger partial charge < -0.3 is 9.47 Å². The summed E-state index contributed by atoms with van der Waals surface area (Å²) >= 11 is 0. The van der Waals surface area contributed by atoms with E-state index in [0.29, 0.717) is 5.91 Å². The van der Waals surface area contributed by atoms with Crippen molar-refractivity contribution >= 4 is 5.91 Å². The minimum Gasteiger partial charge on any atom is -0.348 e. The second-order valence-corrected chi connectivity index (χ2v) is 5.79. The minimum absolute atomic E-state index is 0.0789. The lowest BCUT2D eigenvalue weighted by molar-refractivity contribution is -0.136. The quantitative estimate of drug-likeness (QED) is 0.779. The number of rotatable bonds is 1. The summed E-state index contributed by atoms with van der Waals surface area (Å²) in [7, 11) is 0. The number of aromatic nitrogens is 1. The Hall–Kier alpha value is -2.03. The SMILES string of the molecule is C[C@H]1c2cccn2CCN1C(=O)[C@@H]1Cc2ccccc21. The van der Waals surface area contributed by atoms with Crippen LogP contribution < -0.4 is 0 Å². The Balaban J connectivity index is 1.59. The molecular formula is C17H18N2O. The molecule has 0 bridgehead atoms. The number of nitrogens with zero attached hydrogens (tertiary/aromatic N) is 2. The molecule has 0 N–H and O–H groups in total. The molecule has 1 aromatic heterocycles.